The minimum Gasteiger partial charge on any atom is -0.434 e. The van der Waals surface area contributed by atoms with E-state index in [2.05, 4.69) is 21.1 Å². The van der Waals surface area contributed by atoms with E-state index >= 15 is 0 Å². The molecule has 3 N–H and O–H groups in total. The lowest BCUT2D eigenvalue weighted by atomic mass is 10.1. The number of nitrogens with zero attached hydrogens (tertiary/aromatic N) is 4. The first-order valence-electron chi connectivity index (χ1n) is 8.84. The molecular weight excluding hydrogens is 368 g/mol. The third kappa shape index (κ3) is 2.41. The van der Waals surface area contributed by atoms with Gasteiger partial charge >= 0.3 is 0 Å². The van der Waals surface area contributed by atoms with Crippen molar-refractivity contribution in [2.24, 2.45) is 0 Å². The van der Waals surface area contributed by atoms with Gasteiger partial charge in [-0.25, -0.2) is 9.97 Å². The van der Waals surface area contributed by atoms with E-state index in [0.29, 0.717) is 33.7 Å². The van der Waals surface area contributed by atoms with Gasteiger partial charge in [-0.05, 0) is 24.6 Å². The number of nitrogens with one attached hydrogen (secondary N) is 1. The maximum absolute atomic E-state index is 13.3. The van der Waals surface area contributed by atoms with E-state index in [-0.39, 0.29) is 17.1 Å². The largest absolute Gasteiger partial charge is 0.434 e. The number of aryl methyl sites for hydroxylation is 1. The van der Waals surface area contributed by atoms with Crippen LogP contribution in [0.3, 0.4) is 0 Å². The van der Waals surface area contributed by atoms with Crippen LogP contribution in [0.5, 0.6) is 0 Å². The highest BCUT2D eigenvalue weighted by Crippen LogP contribution is 2.30. The SMILES string of the molecule is Cc1nc2c(-c3ccccc3)c(C#N)[nH]n2c(=O)c1-c1nc2cccc(N)c2o1. The summed E-state index contributed by atoms with van der Waals surface area (Å²) in [5.41, 5.74) is 9.58. The molecule has 0 saturated carbocycles. The molecule has 3 heterocycles. The fourth-order valence-corrected chi connectivity index (χ4v) is 3.46. The molecule has 0 aliphatic rings. The lowest BCUT2D eigenvalue weighted by Gasteiger charge is -2.03. The first-order valence-corrected chi connectivity index (χ1v) is 8.84. The summed E-state index contributed by atoms with van der Waals surface area (Å²) in [7, 11) is 0. The molecule has 0 fully saturated rings. The zero-order valence-electron chi connectivity index (χ0n) is 15.3. The molecule has 5 rings (SSSR count). The predicted octanol–water partition coefficient (Wildman–Crippen LogP) is 3.26. The zero-order chi connectivity index (χ0) is 20.1. The standard InChI is InChI=1S/C21H14N6O2/c1-11-16(20-25-14-9-5-8-13(23)18(14)29-20)21(28)27-19(24-11)17(15(10-22)26-27)12-6-3-2-4-7-12/h2-9,26H,23H2,1H3. The Hall–Kier alpha value is -4.38. The number of nitriles is 1. The molecule has 0 aliphatic carbocycles. The number of aromatic amines is 1. The van der Waals surface area contributed by atoms with Crippen LogP contribution < -0.4 is 11.3 Å². The molecule has 0 amide bonds. The van der Waals surface area contributed by atoms with Crippen molar-refractivity contribution < 1.29 is 4.42 Å². The van der Waals surface area contributed by atoms with Gasteiger partial charge in [-0.15, -0.1) is 0 Å². The molecule has 8 nitrogen and oxygen atoms in total. The lowest BCUT2D eigenvalue weighted by molar-refractivity contribution is 0.617. The third-order valence-electron chi connectivity index (χ3n) is 4.79. The summed E-state index contributed by atoms with van der Waals surface area (Å²) >= 11 is 0. The third-order valence-corrected chi connectivity index (χ3v) is 4.79. The van der Waals surface area contributed by atoms with E-state index in [1.807, 2.05) is 30.3 Å². The van der Waals surface area contributed by atoms with E-state index in [9.17, 15) is 10.1 Å². The summed E-state index contributed by atoms with van der Waals surface area (Å²) in [5.74, 6) is 0.136. The van der Waals surface area contributed by atoms with Gasteiger partial charge in [-0.1, -0.05) is 36.4 Å². The number of aromatic nitrogens is 4. The molecule has 0 atom stereocenters. The lowest BCUT2D eigenvalue weighted by Crippen LogP contribution is -2.19. The number of fused-ring (bicyclic) bond motifs is 2. The van der Waals surface area contributed by atoms with Crippen LogP contribution in [-0.4, -0.2) is 19.6 Å². The van der Waals surface area contributed by atoms with Crippen LogP contribution in [0.1, 0.15) is 11.4 Å². The Morgan fingerprint density at radius 3 is 2.62 bits per heavy atom. The summed E-state index contributed by atoms with van der Waals surface area (Å²) < 4.78 is 7.03. The Kier molecular flexibility index (Phi) is 3.51. The van der Waals surface area contributed by atoms with Crippen LogP contribution >= 0.6 is 0 Å². The minimum atomic E-state index is -0.406. The number of nitrogen functional groups attached to an aromatic ring is 1. The van der Waals surface area contributed by atoms with Gasteiger partial charge in [-0.3, -0.25) is 9.89 Å². The Bertz CT molecular complexity index is 1500. The van der Waals surface area contributed by atoms with E-state index in [1.165, 1.54) is 4.52 Å². The normalized spacial score (nSPS) is 11.2. The van der Waals surface area contributed by atoms with Crippen molar-refractivity contribution in [2.75, 3.05) is 5.73 Å². The molecule has 8 heteroatoms. The predicted molar refractivity (Wildman–Crippen MR) is 108 cm³/mol. The van der Waals surface area contributed by atoms with Crippen molar-refractivity contribution in [3.63, 3.8) is 0 Å². The number of H-pyrrole nitrogens is 1. The minimum absolute atomic E-state index is 0.136. The van der Waals surface area contributed by atoms with Crippen LogP contribution in [0.25, 0.3) is 39.3 Å². The molecule has 0 bridgehead atoms. The van der Waals surface area contributed by atoms with Crippen molar-refractivity contribution >= 4 is 22.4 Å². The number of hydrogen-bond acceptors (Lipinski definition) is 6. The molecule has 29 heavy (non-hydrogen) atoms. The highest BCUT2D eigenvalue weighted by Gasteiger charge is 2.23. The van der Waals surface area contributed by atoms with Gasteiger partial charge in [0.05, 0.1) is 16.9 Å². The average molecular weight is 382 g/mol. The smallest absolute Gasteiger partial charge is 0.285 e. The fraction of sp³-hybridized carbons (Fsp3) is 0.0476. The van der Waals surface area contributed by atoms with Crippen molar-refractivity contribution in [1.82, 2.24) is 19.6 Å². The number of benzene rings is 2. The van der Waals surface area contributed by atoms with E-state index in [4.69, 9.17) is 10.2 Å². The summed E-state index contributed by atoms with van der Waals surface area (Å²) in [6.07, 6.45) is 0. The van der Waals surface area contributed by atoms with Crippen molar-refractivity contribution in [3.8, 4) is 28.7 Å². The number of oxazole rings is 1. The number of rotatable bonds is 2. The molecule has 2 aromatic carbocycles. The Morgan fingerprint density at radius 1 is 1.10 bits per heavy atom. The van der Waals surface area contributed by atoms with Crippen LogP contribution in [-0.2, 0) is 0 Å². The molecule has 5 aromatic rings. The molecule has 0 spiro atoms. The van der Waals surface area contributed by atoms with E-state index in [1.54, 1.807) is 25.1 Å². The van der Waals surface area contributed by atoms with Crippen LogP contribution in [0.2, 0.25) is 0 Å². The Morgan fingerprint density at radius 2 is 1.90 bits per heavy atom. The fourth-order valence-electron chi connectivity index (χ4n) is 3.46. The second-order valence-corrected chi connectivity index (χ2v) is 6.59. The molecule has 0 saturated heterocycles. The van der Waals surface area contributed by atoms with Crippen LogP contribution in [0.4, 0.5) is 5.69 Å². The molecule has 0 unspecified atom stereocenters. The maximum Gasteiger partial charge on any atom is 0.285 e. The van der Waals surface area contributed by atoms with Gasteiger partial charge in [-0.2, -0.15) is 9.78 Å². The first kappa shape index (κ1) is 16.8. The van der Waals surface area contributed by atoms with Crippen molar-refractivity contribution in [3.05, 3.63) is 70.3 Å². The maximum atomic E-state index is 13.3. The first-order chi connectivity index (χ1) is 14.1. The highest BCUT2D eigenvalue weighted by molar-refractivity contribution is 5.87. The van der Waals surface area contributed by atoms with Crippen molar-refractivity contribution in [2.45, 2.75) is 6.92 Å². The monoisotopic (exact) mass is 382 g/mol. The number of anilines is 1. The summed E-state index contributed by atoms with van der Waals surface area (Å²) in [4.78, 5) is 22.3. The van der Waals surface area contributed by atoms with Gasteiger partial charge < -0.3 is 10.2 Å². The van der Waals surface area contributed by atoms with Crippen molar-refractivity contribution in [1.29, 1.82) is 5.26 Å². The van der Waals surface area contributed by atoms with Gasteiger partial charge in [0.15, 0.2) is 11.2 Å². The van der Waals surface area contributed by atoms with Crippen LogP contribution in [0, 0.1) is 18.3 Å². The Balaban J connectivity index is 1.82. The zero-order valence-corrected chi connectivity index (χ0v) is 15.3. The molecule has 0 aliphatic heterocycles. The van der Waals surface area contributed by atoms with Gasteiger partial charge in [0.25, 0.3) is 5.56 Å². The number of nitrogens with two attached hydrogens (primary N) is 1. The molecule has 0 radical (unpaired) electrons. The highest BCUT2D eigenvalue weighted by atomic mass is 16.3. The summed E-state index contributed by atoms with van der Waals surface area (Å²) in [6.45, 7) is 1.71. The van der Waals surface area contributed by atoms with E-state index in [0.717, 1.165) is 5.56 Å². The molecule has 3 aromatic heterocycles. The van der Waals surface area contributed by atoms with Gasteiger partial charge in [0, 0.05) is 0 Å². The van der Waals surface area contributed by atoms with E-state index < -0.39 is 5.56 Å². The Labute approximate surface area is 163 Å². The van der Waals surface area contributed by atoms with Gasteiger partial charge in [0.1, 0.15) is 22.8 Å². The molecular formula is C21H14N6O2. The van der Waals surface area contributed by atoms with Gasteiger partial charge in [0.2, 0.25) is 5.89 Å². The number of para-hydroxylation sites is 1. The quantitative estimate of drug-likeness (QED) is 0.451. The average Bonchev–Trinajstić information content (AvgIpc) is 3.31. The van der Waals surface area contributed by atoms with Crippen LogP contribution in [0.15, 0.2) is 57.7 Å². The number of hydrogen-bond donors (Lipinski definition) is 2. The summed E-state index contributed by atoms with van der Waals surface area (Å²) in [6, 6.07) is 16.7. The second-order valence-electron chi connectivity index (χ2n) is 6.59. The molecule has 140 valence electrons. The summed E-state index contributed by atoms with van der Waals surface area (Å²) in [5, 5.41) is 12.4. The topological polar surface area (TPSA) is 126 Å². The second kappa shape index (κ2) is 6.07.